The lowest BCUT2D eigenvalue weighted by Crippen LogP contribution is -2.59. The molecule has 0 saturated carbocycles. The lowest BCUT2D eigenvalue weighted by Gasteiger charge is -2.41. The van der Waals surface area contributed by atoms with Crippen LogP contribution in [0.3, 0.4) is 0 Å². The average Bonchev–Trinajstić information content (AvgIpc) is 4.07. The number of likely N-dealkylation sites (N-methyl/N-ethyl adjacent to an activating group) is 1. The van der Waals surface area contributed by atoms with Crippen LogP contribution in [-0.4, -0.2) is 177 Å². The van der Waals surface area contributed by atoms with Crippen molar-refractivity contribution in [2.75, 3.05) is 87.2 Å². The van der Waals surface area contributed by atoms with Crippen LogP contribution in [0, 0.1) is 23.7 Å². The highest BCUT2D eigenvalue weighted by atomic mass is 35.5. The summed E-state index contributed by atoms with van der Waals surface area (Å²) in [6.07, 6.45) is 3.09. The van der Waals surface area contributed by atoms with Crippen LogP contribution in [0.1, 0.15) is 97.2 Å². The fourth-order valence-corrected chi connectivity index (χ4v) is 10.1. The van der Waals surface area contributed by atoms with Crippen LogP contribution in [0.25, 0.3) is 0 Å². The van der Waals surface area contributed by atoms with Crippen LogP contribution in [0.5, 0.6) is 0 Å². The largest absolute Gasteiger partial charge is 0.481 e. The summed E-state index contributed by atoms with van der Waals surface area (Å²) in [5.74, 6) is -3.12. The summed E-state index contributed by atoms with van der Waals surface area (Å²) in [5, 5.41) is 17.6. The van der Waals surface area contributed by atoms with Crippen molar-refractivity contribution in [2.24, 2.45) is 23.7 Å². The van der Waals surface area contributed by atoms with Crippen molar-refractivity contribution in [3.8, 4) is 0 Å². The van der Waals surface area contributed by atoms with E-state index in [1.807, 2.05) is 89.1 Å². The Hall–Kier alpha value is -3.79. The van der Waals surface area contributed by atoms with Crippen LogP contribution < -0.4 is 10.6 Å². The number of carboxylic acid groups (broad SMARTS) is 1. The van der Waals surface area contributed by atoms with Gasteiger partial charge in [0.2, 0.25) is 23.6 Å². The number of aliphatic carboxylic acids is 1. The third kappa shape index (κ3) is 20.2. The molecule has 18 nitrogen and oxygen atoms in total. The van der Waals surface area contributed by atoms with Gasteiger partial charge in [0.15, 0.2) is 0 Å². The molecular weight excluding hydrogens is 956 g/mol. The number of benzene rings is 1. The molecule has 1 aliphatic rings. The third-order valence-corrected chi connectivity index (χ3v) is 14.3. The molecule has 20 heteroatoms. The summed E-state index contributed by atoms with van der Waals surface area (Å²) < 4.78 is 35.4. The smallest absolute Gasteiger partial charge is 0.305 e. The number of carboxylic acids is 1. The van der Waals surface area contributed by atoms with Crippen molar-refractivity contribution in [3.63, 3.8) is 0 Å². The number of likely N-dealkylation sites (tertiary alicyclic amines) is 1. The second kappa shape index (κ2) is 33.1. The number of methoxy groups -OCH3 is 2. The number of hydrogen-bond acceptors (Lipinski definition) is 14. The van der Waals surface area contributed by atoms with E-state index in [0.29, 0.717) is 65.4 Å². The molecule has 3 rings (SSSR count). The first kappa shape index (κ1) is 61.5. The van der Waals surface area contributed by atoms with E-state index >= 15 is 0 Å². The first-order valence-electron chi connectivity index (χ1n) is 25.1. The highest BCUT2D eigenvalue weighted by molar-refractivity contribution is 7.09. The minimum atomic E-state index is -0.909. The van der Waals surface area contributed by atoms with Gasteiger partial charge >= 0.3 is 5.97 Å². The summed E-state index contributed by atoms with van der Waals surface area (Å²) in [6, 6.07) is 7.07. The summed E-state index contributed by atoms with van der Waals surface area (Å²) in [5.41, 5.74) is 1.07. The number of carbonyl (C=O) groups is 5. The van der Waals surface area contributed by atoms with Gasteiger partial charge in [-0.3, -0.25) is 24.0 Å². The maximum atomic E-state index is 14.6. The van der Waals surface area contributed by atoms with Crippen molar-refractivity contribution in [2.45, 2.75) is 129 Å². The van der Waals surface area contributed by atoms with Gasteiger partial charge in [-0.15, -0.1) is 11.3 Å². The number of carbonyl (C=O) groups excluding carboxylic acids is 4. The van der Waals surface area contributed by atoms with Gasteiger partial charge in [0.05, 0.1) is 102 Å². The number of thiazole rings is 1. The molecule has 1 aromatic carbocycles. The SMILES string of the molecule is CC[C@H](C)[C@@H](C(CC(=O)N1CCC[C@H]1[C@H](OC)C(C)C(=O)N[C@@H](Cc1ccccc1)c1nccs1)OC)N(C)C(=O)[C@@H](NC(=O)[C@H](C(C)C)N(Cl)CCOCCOCCOCCOCCC(=O)O)C(C)C. The van der Waals surface area contributed by atoms with Gasteiger partial charge in [-0.1, -0.05) is 85.2 Å². The van der Waals surface area contributed by atoms with E-state index in [4.69, 9.17) is 45.3 Å². The third-order valence-electron chi connectivity index (χ3n) is 13.1. The molecule has 9 atom stereocenters. The van der Waals surface area contributed by atoms with Crippen LogP contribution in [0.4, 0.5) is 0 Å². The van der Waals surface area contributed by atoms with E-state index in [2.05, 4.69) is 15.6 Å². The van der Waals surface area contributed by atoms with Crippen LogP contribution in [-0.2, 0) is 58.8 Å². The first-order valence-corrected chi connectivity index (χ1v) is 26.3. The molecule has 1 aliphatic heterocycles. The first-order chi connectivity index (χ1) is 34.0. The number of nitrogens with zero attached hydrogens (tertiary/aromatic N) is 4. The number of aromatic nitrogens is 1. The predicted molar refractivity (Wildman–Crippen MR) is 273 cm³/mol. The van der Waals surface area contributed by atoms with E-state index in [1.54, 1.807) is 32.4 Å². The topological polar surface area (TPSA) is 208 Å². The summed E-state index contributed by atoms with van der Waals surface area (Å²) in [6.45, 7) is 16.5. The Labute approximate surface area is 431 Å². The van der Waals surface area contributed by atoms with E-state index < -0.39 is 48.1 Å². The van der Waals surface area contributed by atoms with Gasteiger partial charge in [0, 0.05) is 45.9 Å². The van der Waals surface area contributed by atoms with Crippen molar-refractivity contribution < 1.29 is 57.5 Å². The zero-order valence-corrected chi connectivity index (χ0v) is 45.3. The minimum absolute atomic E-state index is 0.00750. The Balaban J connectivity index is 1.61. The van der Waals surface area contributed by atoms with Crippen molar-refractivity contribution in [1.29, 1.82) is 0 Å². The van der Waals surface area contributed by atoms with E-state index in [0.717, 1.165) is 17.0 Å². The molecule has 3 N–H and O–H groups in total. The van der Waals surface area contributed by atoms with Crippen molar-refractivity contribution in [1.82, 2.24) is 29.8 Å². The molecule has 1 saturated heterocycles. The van der Waals surface area contributed by atoms with Gasteiger partial charge < -0.3 is 54.0 Å². The summed E-state index contributed by atoms with van der Waals surface area (Å²) >= 11 is 8.23. The van der Waals surface area contributed by atoms with E-state index in [-0.39, 0.29) is 80.2 Å². The molecule has 2 heterocycles. The highest BCUT2D eigenvalue weighted by Crippen LogP contribution is 2.31. The van der Waals surface area contributed by atoms with Crippen molar-refractivity contribution >= 4 is 52.7 Å². The lowest BCUT2D eigenvalue weighted by molar-refractivity contribution is -0.148. The van der Waals surface area contributed by atoms with E-state index in [1.165, 1.54) is 15.8 Å². The Kier molecular flexibility index (Phi) is 28.7. The molecule has 1 fully saturated rings. The molecule has 71 heavy (non-hydrogen) atoms. The quantitative estimate of drug-likeness (QED) is 0.0559. The molecule has 4 amide bonds. The number of nitrogens with one attached hydrogen (secondary N) is 2. The highest BCUT2D eigenvalue weighted by Gasteiger charge is 2.43. The zero-order valence-electron chi connectivity index (χ0n) is 43.7. The Bertz CT molecular complexity index is 1850. The molecule has 0 radical (unpaired) electrons. The lowest BCUT2D eigenvalue weighted by atomic mass is 9.89. The van der Waals surface area contributed by atoms with E-state index in [9.17, 15) is 24.0 Å². The molecule has 2 unspecified atom stereocenters. The average molecular weight is 1040 g/mol. The summed E-state index contributed by atoms with van der Waals surface area (Å²) in [7, 11) is 4.84. The second-order valence-electron chi connectivity index (χ2n) is 18.8. The number of ether oxygens (including phenoxy) is 6. The molecule has 2 aromatic rings. The second-order valence-corrected chi connectivity index (χ2v) is 20.2. The molecule has 1 aromatic heterocycles. The van der Waals surface area contributed by atoms with Gasteiger partial charge in [0.25, 0.3) is 0 Å². The number of amides is 4. The van der Waals surface area contributed by atoms with Gasteiger partial charge in [-0.2, -0.15) is 0 Å². The van der Waals surface area contributed by atoms with Gasteiger partial charge in [-0.25, -0.2) is 9.40 Å². The fraction of sp³-hybridized carbons (Fsp3) is 0.725. The molecule has 0 aliphatic carbocycles. The maximum Gasteiger partial charge on any atom is 0.305 e. The standard InChI is InChI=1S/C51H83ClN6O12S/c1-11-36(6)46(56(8)51(64)44(34(2)3)55-49(63)45(35(4)5)58(52)22-24-68-26-28-70-30-29-69-27-25-67-23-19-43(60)61)41(65-9)33-42(59)57-21-15-18-40(57)47(66-10)37(7)48(62)54-39(50-53-20-31-71-50)32-38-16-13-12-14-17-38/h12-14,16-17,20,31,34-37,39-41,44-47H,11,15,18-19,21-30,32-33H2,1-10H3,(H,54,62)(H,55,63)(H,60,61)/t36-,37?,39-,40-,41?,44-,45-,46-,47+/m0/s1. The number of hydrogen-bond donors (Lipinski definition) is 3. The maximum absolute atomic E-state index is 14.6. The minimum Gasteiger partial charge on any atom is -0.481 e. The number of rotatable bonds is 36. The Morgan fingerprint density at radius 1 is 0.859 bits per heavy atom. The molecule has 402 valence electrons. The zero-order chi connectivity index (χ0) is 52.5. The molecular formula is C51H83ClN6O12S. The van der Waals surface area contributed by atoms with Crippen LogP contribution >= 0.6 is 23.1 Å². The molecule has 0 spiro atoms. The normalized spacial score (nSPS) is 17.4. The van der Waals surface area contributed by atoms with Gasteiger partial charge in [0.1, 0.15) is 17.1 Å². The molecule has 0 bridgehead atoms. The number of halogens is 1. The fourth-order valence-electron chi connectivity index (χ4n) is 9.00. The summed E-state index contributed by atoms with van der Waals surface area (Å²) in [4.78, 5) is 75.6. The van der Waals surface area contributed by atoms with Gasteiger partial charge in [-0.05, 0) is 54.4 Å². The predicted octanol–water partition coefficient (Wildman–Crippen LogP) is 5.63. The monoisotopic (exact) mass is 1040 g/mol. The van der Waals surface area contributed by atoms with Crippen LogP contribution in [0.2, 0.25) is 0 Å². The Morgan fingerprint density at radius 3 is 2.01 bits per heavy atom. The Morgan fingerprint density at radius 2 is 1.48 bits per heavy atom. The van der Waals surface area contributed by atoms with Crippen molar-refractivity contribution in [3.05, 3.63) is 52.5 Å². The van der Waals surface area contributed by atoms with Crippen LogP contribution in [0.15, 0.2) is 41.9 Å².